The first-order chi connectivity index (χ1) is 12.7. The molecule has 0 radical (unpaired) electrons. The monoisotopic (exact) mass is 410 g/mol. The van der Waals surface area contributed by atoms with Gasteiger partial charge < -0.3 is 10.1 Å². The van der Waals surface area contributed by atoms with Crippen LogP contribution in [0.25, 0.3) is 0 Å². The smallest absolute Gasteiger partial charge is 0.241 e. The number of sulfonamides is 1. The predicted octanol–water partition coefficient (Wildman–Crippen LogP) is 2.97. The molecule has 0 aliphatic carbocycles. The molecular formula is C19H23ClN2O4S. The van der Waals surface area contributed by atoms with Crippen molar-refractivity contribution in [3.05, 3.63) is 59.1 Å². The number of hydrogen-bond acceptors (Lipinski definition) is 4. The average Bonchev–Trinajstić information content (AvgIpc) is 2.64. The van der Waals surface area contributed by atoms with Crippen molar-refractivity contribution in [3.8, 4) is 5.75 Å². The molecule has 0 saturated carbocycles. The lowest BCUT2D eigenvalue weighted by atomic mass is 10.0. The summed E-state index contributed by atoms with van der Waals surface area (Å²) in [5.41, 5.74) is 0.879. The van der Waals surface area contributed by atoms with Crippen LogP contribution in [0.5, 0.6) is 5.75 Å². The van der Waals surface area contributed by atoms with Gasteiger partial charge in [0.2, 0.25) is 15.9 Å². The molecule has 8 heteroatoms. The molecule has 2 aromatic rings. The molecule has 2 N–H and O–H groups in total. The Hall–Kier alpha value is -2.09. The lowest BCUT2D eigenvalue weighted by molar-refractivity contribution is -0.123. The van der Waals surface area contributed by atoms with E-state index in [4.69, 9.17) is 16.3 Å². The van der Waals surface area contributed by atoms with Gasteiger partial charge in [-0.1, -0.05) is 43.6 Å². The molecular weight excluding hydrogens is 388 g/mol. The first-order valence-electron chi connectivity index (χ1n) is 8.41. The third-order valence-electron chi connectivity index (χ3n) is 3.96. The Morgan fingerprint density at radius 1 is 1.15 bits per heavy atom. The van der Waals surface area contributed by atoms with Gasteiger partial charge in [0.25, 0.3) is 0 Å². The number of carbonyl (C=O) groups excluding carboxylic acids is 1. The Morgan fingerprint density at radius 3 is 2.37 bits per heavy atom. The summed E-state index contributed by atoms with van der Waals surface area (Å²) in [6.45, 7) is 3.83. The fourth-order valence-electron chi connectivity index (χ4n) is 2.40. The van der Waals surface area contributed by atoms with E-state index in [1.807, 2.05) is 12.1 Å². The standard InChI is InChI=1S/C19H23ClN2O4S/c1-13(2)18(22-27(24,25)17-6-4-5-15(20)11-17)19(23)21-12-14-7-9-16(26-3)10-8-14/h4-11,13,18,22H,12H2,1-3H3,(H,21,23). The quantitative estimate of drug-likeness (QED) is 0.700. The van der Waals surface area contributed by atoms with Gasteiger partial charge in [0.15, 0.2) is 0 Å². The number of methoxy groups -OCH3 is 1. The summed E-state index contributed by atoms with van der Waals surface area (Å²) >= 11 is 5.87. The van der Waals surface area contributed by atoms with Crippen LogP contribution in [0.4, 0.5) is 0 Å². The van der Waals surface area contributed by atoms with Crippen molar-refractivity contribution in [2.45, 2.75) is 31.3 Å². The van der Waals surface area contributed by atoms with Crippen molar-refractivity contribution in [1.82, 2.24) is 10.0 Å². The molecule has 0 aromatic heterocycles. The molecule has 27 heavy (non-hydrogen) atoms. The number of halogens is 1. The minimum Gasteiger partial charge on any atom is -0.497 e. The molecule has 1 unspecified atom stereocenters. The Kier molecular flexibility index (Phi) is 7.24. The van der Waals surface area contributed by atoms with Gasteiger partial charge in [-0.2, -0.15) is 4.72 Å². The minimum absolute atomic E-state index is 0.0172. The van der Waals surface area contributed by atoms with Crippen LogP contribution >= 0.6 is 11.6 Å². The second kappa shape index (κ2) is 9.21. The number of amides is 1. The van der Waals surface area contributed by atoms with Gasteiger partial charge in [0.05, 0.1) is 12.0 Å². The fourth-order valence-corrected chi connectivity index (χ4v) is 4.05. The van der Waals surface area contributed by atoms with Crippen molar-refractivity contribution in [3.63, 3.8) is 0 Å². The number of rotatable bonds is 8. The molecule has 0 spiro atoms. The van der Waals surface area contributed by atoms with Gasteiger partial charge in [0, 0.05) is 11.6 Å². The van der Waals surface area contributed by atoms with E-state index in [-0.39, 0.29) is 17.4 Å². The van der Waals surface area contributed by atoms with E-state index in [0.29, 0.717) is 5.02 Å². The second-order valence-corrected chi connectivity index (χ2v) is 8.52. The molecule has 1 atom stereocenters. The normalized spacial score (nSPS) is 12.6. The summed E-state index contributed by atoms with van der Waals surface area (Å²) in [5, 5.41) is 3.08. The highest BCUT2D eigenvalue weighted by Gasteiger charge is 2.28. The molecule has 2 rings (SSSR count). The summed E-state index contributed by atoms with van der Waals surface area (Å²) in [6.07, 6.45) is 0. The van der Waals surface area contributed by atoms with Gasteiger partial charge in [-0.25, -0.2) is 8.42 Å². The van der Waals surface area contributed by atoms with E-state index < -0.39 is 22.0 Å². The minimum atomic E-state index is -3.88. The maximum absolute atomic E-state index is 12.6. The van der Waals surface area contributed by atoms with Crippen LogP contribution in [0.1, 0.15) is 19.4 Å². The summed E-state index contributed by atoms with van der Waals surface area (Å²) in [6, 6.07) is 12.3. The van der Waals surface area contributed by atoms with E-state index in [1.165, 1.54) is 12.1 Å². The maximum atomic E-state index is 12.6. The zero-order valence-corrected chi connectivity index (χ0v) is 17.0. The first kappa shape index (κ1) is 21.2. The molecule has 0 bridgehead atoms. The third kappa shape index (κ3) is 5.95. The van der Waals surface area contributed by atoms with Crippen LogP contribution < -0.4 is 14.8 Å². The van der Waals surface area contributed by atoms with Gasteiger partial charge in [-0.05, 0) is 41.8 Å². The van der Waals surface area contributed by atoms with E-state index >= 15 is 0 Å². The lowest BCUT2D eigenvalue weighted by Gasteiger charge is -2.21. The second-order valence-electron chi connectivity index (χ2n) is 6.37. The summed E-state index contributed by atoms with van der Waals surface area (Å²) in [5.74, 6) is 0.0839. The molecule has 1 amide bonds. The topological polar surface area (TPSA) is 84.5 Å². The van der Waals surface area contributed by atoms with Crippen LogP contribution in [-0.2, 0) is 21.4 Å². The average molecular weight is 411 g/mol. The van der Waals surface area contributed by atoms with Crippen molar-refractivity contribution in [2.75, 3.05) is 7.11 Å². The maximum Gasteiger partial charge on any atom is 0.241 e. The molecule has 2 aromatic carbocycles. The van der Waals surface area contributed by atoms with Crippen LogP contribution in [0.3, 0.4) is 0 Å². The predicted molar refractivity (Wildman–Crippen MR) is 105 cm³/mol. The van der Waals surface area contributed by atoms with Crippen LogP contribution in [0, 0.1) is 5.92 Å². The largest absolute Gasteiger partial charge is 0.497 e. The Balaban J connectivity index is 2.08. The van der Waals surface area contributed by atoms with E-state index in [1.54, 1.807) is 45.2 Å². The molecule has 0 heterocycles. The van der Waals surface area contributed by atoms with Crippen molar-refractivity contribution in [2.24, 2.45) is 5.92 Å². The Bertz CT molecular complexity index is 883. The van der Waals surface area contributed by atoms with E-state index in [2.05, 4.69) is 10.0 Å². The Labute approximate surface area is 164 Å². The Morgan fingerprint density at radius 2 is 1.81 bits per heavy atom. The summed E-state index contributed by atoms with van der Waals surface area (Å²) in [4.78, 5) is 12.6. The SMILES string of the molecule is COc1ccc(CNC(=O)C(NS(=O)(=O)c2cccc(Cl)c2)C(C)C)cc1. The summed E-state index contributed by atoms with van der Waals surface area (Å²) < 4.78 is 32.7. The van der Waals surface area contributed by atoms with Gasteiger partial charge in [0.1, 0.15) is 11.8 Å². The lowest BCUT2D eigenvalue weighted by Crippen LogP contribution is -2.49. The van der Waals surface area contributed by atoms with Gasteiger partial charge in [-0.3, -0.25) is 4.79 Å². The highest BCUT2D eigenvalue weighted by Crippen LogP contribution is 2.17. The van der Waals surface area contributed by atoms with Crippen molar-refractivity contribution < 1.29 is 17.9 Å². The molecule has 0 aliphatic heterocycles. The molecule has 0 fully saturated rings. The fraction of sp³-hybridized carbons (Fsp3) is 0.316. The summed E-state index contributed by atoms with van der Waals surface area (Å²) in [7, 11) is -2.30. The molecule has 146 valence electrons. The van der Waals surface area contributed by atoms with Crippen LogP contribution in [0.15, 0.2) is 53.4 Å². The molecule has 6 nitrogen and oxygen atoms in total. The van der Waals surface area contributed by atoms with Crippen LogP contribution in [0.2, 0.25) is 5.02 Å². The van der Waals surface area contributed by atoms with Gasteiger partial charge >= 0.3 is 0 Å². The number of ether oxygens (including phenoxy) is 1. The third-order valence-corrected chi connectivity index (χ3v) is 5.64. The van der Waals surface area contributed by atoms with Crippen molar-refractivity contribution >= 4 is 27.5 Å². The van der Waals surface area contributed by atoms with E-state index in [0.717, 1.165) is 11.3 Å². The zero-order valence-electron chi connectivity index (χ0n) is 15.4. The van der Waals surface area contributed by atoms with E-state index in [9.17, 15) is 13.2 Å². The highest BCUT2D eigenvalue weighted by molar-refractivity contribution is 7.89. The number of hydrogen-bond donors (Lipinski definition) is 2. The number of nitrogens with one attached hydrogen (secondary N) is 2. The first-order valence-corrected chi connectivity index (χ1v) is 10.3. The number of benzene rings is 2. The van der Waals surface area contributed by atoms with Crippen LogP contribution in [-0.4, -0.2) is 27.5 Å². The zero-order chi connectivity index (χ0) is 20.0. The highest BCUT2D eigenvalue weighted by atomic mass is 35.5. The van der Waals surface area contributed by atoms with Gasteiger partial charge in [-0.15, -0.1) is 0 Å². The number of carbonyl (C=O) groups is 1. The van der Waals surface area contributed by atoms with Crippen molar-refractivity contribution in [1.29, 1.82) is 0 Å². The molecule has 0 saturated heterocycles. The molecule has 0 aliphatic rings.